The van der Waals surface area contributed by atoms with Gasteiger partial charge in [0.1, 0.15) is 11.5 Å². The molecule has 0 heterocycles. The first kappa shape index (κ1) is 24.8. The van der Waals surface area contributed by atoms with E-state index in [-0.39, 0.29) is 5.97 Å². The van der Waals surface area contributed by atoms with E-state index < -0.39 is 0 Å². The molecule has 0 atom stereocenters. The van der Waals surface area contributed by atoms with Gasteiger partial charge in [-0.05, 0) is 55.0 Å². The number of esters is 1. The zero-order valence-electron chi connectivity index (χ0n) is 20.0. The van der Waals surface area contributed by atoms with Crippen LogP contribution in [0.1, 0.15) is 31.4 Å². The molecule has 0 unspecified atom stereocenters. The van der Waals surface area contributed by atoms with Crippen molar-refractivity contribution in [3.63, 3.8) is 0 Å². The first-order valence-electron chi connectivity index (χ1n) is 11.6. The highest BCUT2D eigenvalue weighted by molar-refractivity contribution is 5.82. The fraction of sp³-hybridized carbons (Fsp3) is 0.233. The number of hydrogen-bond donors (Lipinski definition) is 0. The van der Waals surface area contributed by atoms with Gasteiger partial charge in [-0.2, -0.15) is 0 Å². The minimum Gasteiger partial charge on any atom is -0.493 e. The third-order valence-electron chi connectivity index (χ3n) is 5.42. The van der Waals surface area contributed by atoms with Crippen molar-refractivity contribution >= 4 is 12.0 Å². The van der Waals surface area contributed by atoms with Gasteiger partial charge in [0.25, 0.3) is 0 Å². The van der Waals surface area contributed by atoms with E-state index in [1.807, 2.05) is 26.0 Å². The zero-order chi connectivity index (χ0) is 24.3. The molecule has 176 valence electrons. The van der Waals surface area contributed by atoms with Crippen molar-refractivity contribution in [3.05, 3.63) is 91.0 Å². The zero-order valence-corrected chi connectivity index (χ0v) is 20.0. The summed E-state index contributed by atoms with van der Waals surface area (Å²) in [5.74, 6) is 1.21. The van der Waals surface area contributed by atoms with Crippen molar-refractivity contribution in [1.29, 1.82) is 0 Å². The van der Waals surface area contributed by atoms with Crippen molar-refractivity contribution < 1.29 is 19.0 Å². The van der Waals surface area contributed by atoms with Crippen LogP contribution in [0.2, 0.25) is 0 Å². The third-order valence-corrected chi connectivity index (χ3v) is 5.42. The molecule has 3 aromatic carbocycles. The molecule has 0 aromatic heterocycles. The van der Waals surface area contributed by atoms with E-state index in [0.29, 0.717) is 19.8 Å². The van der Waals surface area contributed by atoms with Gasteiger partial charge >= 0.3 is 5.97 Å². The molecule has 3 rings (SSSR count). The highest BCUT2D eigenvalue weighted by Crippen LogP contribution is 2.41. The Kier molecular flexibility index (Phi) is 9.10. The van der Waals surface area contributed by atoms with E-state index in [1.165, 1.54) is 11.6 Å². The second-order valence-electron chi connectivity index (χ2n) is 7.71. The maximum absolute atomic E-state index is 11.2. The summed E-state index contributed by atoms with van der Waals surface area (Å²) in [6.45, 7) is 12.7. The average molecular weight is 457 g/mol. The van der Waals surface area contributed by atoms with Crippen LogP contribution in [-0.4, -0.2) is 25.8 Å². The molecule has 4 heteroatoms. The molecule has 0 amide bonds. The fourth-order valence-corrected chi connectivity index (χ4v) is 3.72. The smallest absolute Gasteiger partial charge is 0.330 e. The number of ether oxygens (including phenoxy) is 3. The van der Waals surface area contributed by atoms with Gasteiger partial charge in [0.2, 0.25) is 0 Å². The predicted octanol–water partition coefficient (Wildman–Crippen LogP) is 7.12. The van der Waals surface area contributed by atoms with Crippen LogP contribution in [0.15, 0.2) is 79.9 Å². The lowest BCUT2D eigenvalue weighted by Crippen LogP contribution is -2.02. The lowest BCUT2D eigenvalue weighted by Gasteiger charge is -2.17. The Balaban J connectivity index is 1.91. The number of carbonyl (C=O) groups is 1. The molecular weight excluding hydrogens is 424 g/mol. The van der Waals surface area contributed by atoms with E-state index in [9.17, 15) is 4.79 Å². The Morgan fingerprint density at radius 2 is 1.38 bits per heavy atom. The normalized spacial score (nSPS) is 10.4. The molecule has 0 N–H and O–H groups in total. The van der Waals surface area contributed by atoms with E-state index in [2.05, 4.69) is 67.8 Å². The summed E-state index contributed by atoms with van der Waals surface area (Å²) >= 11 is 0. The molecule has 4 nitrogen and oxygen atoms in total. The second-order valence-corrected chi connectivity index (χ2v) is 7.71. The first-order valence-corrected chi connectivity index (χ1v) is 11.6. The summed E-state index contributed by atoms with van der Waals surface area (Å²) in [6.07, 6.45) is 4.61. The largest absolute Gasteiger partial charge is 0.493 e. The van der Waals surface area contributed by atoms with Gasteiger partial charge in [0.05, 0.1) is 19.8 Å². The van der Waals surface area contributed by atoms with E-state index in [1.54, 1.807) is 0 Å². The number of aryl methyl sites for hydroxylation is 1. The predicted molar refractivity (Wildman–Crippen MR) is 139 cm³/mol. The van der Waals surface area contributed by atoms with Gasteiger partial charge in [-0.25, -0.2) is 4.79 Å². The fourth-order valence-electron chi connectivity index (χ4n) is 3.72. The van der Waals surface area contributed by atoms with Crippen molar-refractivity contribution in [1.82, 2.24) is 0 Å². The Bertz CT molecular complexity index is 1110. The lowest BCUT2D eigenvalue weighted by atomic mass is 9.95. The third kappa shape index (κ3) is 6.38. The van der Waals surface area contributed by atoms with Crippen LogP contribution in [0.5, 0.6) is 11.5 Å². The van der Waals surface area contributed by atoms with Crippen LogP contribution in [0, 0.1) is 0 Å². The van der Waals surface area contributed by atoms with Crippen LogP contribution in [-0.2, 0) is 16.0 Å². The van der Waals surface area contributed by atoms with E-state index in [4.69, 9.17) is 14.2 Å². The SMILES string of the molecule is C=CC(=O)OCCCc1ccc(-c2cc(-c3ccc(C=C)cc3)c(OCC)cc2OCC)cc1. The summed E-state index contributed by atoms with van der Waals surface area (Å²) in [6, 6.07) is 20.8. The van der Waals surface area contributed by atoms with Crippen LogP contribution >= 0.6 is 0 Å². The highest BCUT2D eigenvalue weighted by Gasteiger charge is 2.15. The molecule has 0 aliphatic rings. The first-order chi connectivity index (χ1) is 16.6. The molecule has 0 bridgehead atoms. The van der Waals surface area contributed by atoms with Gasteiger partial charge in [-0.3, -0.25) is 0 Å². The summed E-state index contributed by atoms with van der Waals surface area (Å²) in [7, 11) is 0. The molecule has 0 fully saturated rings. The van der Waals surface area contributed by atoms with Crippen molar-refractivity contribution in [2.45, 2.75) is 26.7 Å². The standard InChI is InChI=1S/C30H32O4/c1-5-22-11-15-24(16-12-22)26-20-27(29(33-8-4)21-28(26)32-7-3)25-17-13-23(14-18-25)10-9-19-34-30(31)6-2/h5-6,11-18,20-21H,1-2,7-10,19H2,3-4H3. The summed E-state index contributed by atoms with van der Waals surface area (Å²) in [5.41, 5.74) is 6.43. The molecule has 0 spiro atoms. The molecule has 0 aliphatic carbocycles. The van der Waals surface area contributed by atoms with Gasteiger partial charge in [-0.1, -0.05) is 67.8 Å². The molecule has 0 aliphatic heterocycles. The van der Waals surface area contributed by atoms with E-state index >= 15 is 0 Å². The minimum atomic E-state index is -0.385. The van der Waals surface area contributed by atoms with Gasteiger partial charge < -0.3 is 14.2 Å². The van der Waals surface area contributed by atoms with Crippen molar-refractivity contribution in [3.8, 4) is 33.8 Å². The second kappa shape index (κ2) is 12.4. The van der Waals surface area contributed by atoms with Crippen molar-refractivity contribution in [2.24, 2.45) is 0 Å². The molecule has 3 aromatic rings. The minimum absolute atomic E-state index is 0.383. The number of hydrogen-bond acceptors (Lipinski definition) is 4. The summed E-state index contributed by atoms with van der Waals surface area (Å²) < 4.78 is 17.0. The Morgan fingerprint density at radius 1 is 0.824 bits per heavy atom. The quantitative estimate of drug-likeness (QED) is 0.165. The molecule has 0 saturated carbocycles. The van der Waals surface area contributed by atoms with Crippen molar-refractivity contribution in [2.75, 3.05) is 19.8 Å². The maximum Gasteiger partial charge on any atom is 0.330 e. The molecule has 34 heavy (non-hydrogen) atoms. The number of benzene rings is 3. The van der Waals surface area contributed by atoms with Crippen LogP contribution in [0.4, 0.5) is 0 Å². The lowest BCUT2D eigenvalue weighted by molar-refractivity contribution is -0.137. The number of carbonyl (C=O) groups excluding carboxylic acids is 1. The maximum atomic E-state index is 11.2. The number of rotatable bonds is 12. The molecule has 0 radical (unpaired) electrons. The van der Waals surface area contributed by atoms with E-state index in [0.717, 1.165) is 52.2 Å². The van der Waals surface area contributed by atoms with Gasteiger partial charge in [0.15, 0.2) is 0 Å². The Labute approximate surface area is 202 Å². The monoisotopic (exact) mass is 456 g/mol. The van der Waals surface area contributed by atoms with Gasteiger partial charge in [0, 0.05) is 23.3 Å². The topological polar surface area (TPSA) is 44.8 Å². The van der Waals surface area contributed by atoms with Gasteiger partial charge in [-0.15, -0.1) is 0 Å². The average Bonchev–Trinajstić information content (AvgIpc) is 2.87. The van der Waals surface area contributed by atoms with Crippen LogP contribution in [0.3, 0.4) is 0 Å². The Hall–Kier alpha value is -3.79. The highest BCUT2D eigenvalue weighted by atomic mass is 16.5. The Morgan fingerprint density at radius 3 is 1.88 bits per heavy atom. The summed E-state index contributed by atoms with van der Waals surface area (Å²) in [4.78, 5) is 11.2. The van der Waals surface area contributed by atoms with Crippen LogP contribution < -0.4 is 9.47 Å². The molecule has 0 saturated heterocycles. The van der Waals surface area contributed by atoms with Crippen LogP contribution in [0.25, 0.3) is 28.3 Å². The summed E-state index contributed by atoms with van der Waals surface area (Å²) in [5, 5.41) is 0. The molecular formula is C30H32O4.